The molecule has 0 amide bonds. The van der Waals surface area contributed by atoms with Crippen LogP contribution in [-0.2, 0) is 29.1 Å². The van der Waals surface area contributed by atoms with Crippen molar-refractivity contribution in [2.45, 2.75) is 105 Å². The molecule has 0 bridgehead atoms. The molecule has 1 aliphatic rings. The third-order valence-corrected chi connectivity index (χ3v) is 19.4. The van der Waals surface area contributed by atoms with Crippen molar-refractivity contribution in [2.75, 3.05) is 0 Å². The van der Waals surface area contributed by atoms with Crippen LogP contribution in [0.1, 0.15) is 101 Å². The average Bonchev–Trinajstić information content (AvgIpc) is 1.63. The molecule has 0 saturated carbocycles. The molecule has 14 aromatic rings. The number of nitrogens with zero attached hydrogens (tertiary/aromatic N) is 3. The van der Waals surface area contributed by atoms with E-state index in [1.807, 2.05) is 6.07 Å². The quantitative estimate of drug-likeness (QED) is 0.156. The number of aromatic nitrogens is 3. The maximum atomic E-state index is 11.7. The monoisotopic (exact) mass is 1210 g/mol. The number of phenolic OH excluding ortho intramolecular Hbond substituents is 1. The van der Waals surface area contributed by atoms with Crippen molar-refractivity contribution in [3.8, 4) is 112 Å². The van der Waals surface area contributed by atoms with Gasteiger partial charge in [-0.2, -0.15) is 0 Å². The van der Waals surface area contributed by atoms with Gasteiger partial charge in [0.25, 0.3) is 0 Å². The topological polar surface area (TPSA) is 64.1 Å². The summed E-state index contributed by atoms with van der Waals surface area (Å²) in [6.45, 7) is 25.1. The minimum Gasteiger partial charge on any atom is -0.507 e. The fourth-order valence-electron chi connectivity index (χ4n) is 14.5. The molecule has 1 N–H and O–H groups in total. The Hall–Kier alpha value is -10.4. The number of pyridine rings is 1. The standard InChI is InChI=1S/C88H77N3O2/c1-53-24-17-25-54(2)84(53)91-73-47-45-70(79-66(58-29-18-32-62(48-58)86(3,4)5)37-23-38-67(79)59-30-19-33-63(49-59)87(6,7)8)77(83(73)90-85(91)72-46-44-57-43-42-56-28-21-40-74(92)78(56)82(57)89-72)61-51-71(81-69-35-15-16-41-75(69)93-76(81)52-61)80-65(55-26-13-12-14-27-55)36-22-39-68(80)60-31-20-34-64(50-60)88(9,10)11/h12-41,44-52,92H,42-43H2,1-11H3. The second kappa shape index (κ2) is 22.5. The highest BCUT2D eigenvalue weighted by Gasteiger charge is 2.31. The van der Waals surface area contributed by atoms with E-state index in [2.05, 4.69) is 305 Å². The van der Waals surface area contributed by atoms with Crippen molar-refractivity contribution in [2.24, 2.45) is 0 Å². The second-order valence-corrected chi connectivity index (χ2v) is 28.7. The fourth-order valence-corrected chi connectivity index (χ4v) is 14.5. The van der Waals surface area contributed by atoms with Crippen molar-refractivity contribution in [1.82, 2.24) is 14.5 Å². The van der Waals surface area contributed by atoms with Crippen molar-refractivity contribution in [3.63, 3.8) is 0 Å². The number of furan rings is 1. The Morgan fingerprint density at radius 1 is 0.387 bits per heavy atom. The van der Waals surface area contributed by atoms with Crippen LogP contribution in [0, 0.1) is 13.8 Å². The first-order valence-corrected chi connectivity index (χ1v) is 32.8. The van der Waals surface area contributed by atoms with Gasteiger partial charge < -0.3 is 9.52 Å². The van der Waals surface area contributed by atoms with Gasteiger partial charge in [-0.1, -0.05) is 263 Å². The molecule has 0 atom stereocenters. The predicted molar refractivity (Wildman–Crippen MR) is 390 cm³/mol. The molecule has 15 rings (SSSR count). The van der Waals surface area contributed by atoms with Gasteiger partial charge >= 0.3 is 0 Å². The number of aromatic hydroxyl groups is 1. The second-order valence-electron chi connectivity index (χ2n) is 28.7. The van der Waals surface area contributed by atoms with E-state index in [1.54, 1.807) is 6.07 Å². The van der Waals surface area contributed by atoms with Gasteiger partial charge in [0.15, 0.2) is 5.82 Å². The summed E-state index contributed by atoms with van der Waals surface area (Å²) in [6, 6.07) is 86.6. The highest BCUT2D eigenvalue weighted by molar-refractivity contribution is 6.18. The van der Waals surface area contributed by atoms with Gasteiger partial charge in [-0.25, -0.2) is 9.97 Å². The normalized spacial score (nSPS) is 12.6. The van der Waals surface area contributed by atoms with Crippen LogP contribution >= 0.6 is 0 Å². The highest BCUT2D eigenvalue weighted by Crippen LogP contribution is 2.53. The Bertz CT molecular complexity index is 5210. The first-order valence-electron chi connectivity index (χ1n) is 32.8. The molecular formula is C88H77N3O2. The van der Waals surface area contributed by atoms with Gasteiger partial charge in [-0.05, 0) is 191 Å². The first-order chi connectivity index (χ1) is 44.8. The van der Waals surface area contributed by atoms with Crippen LogP contribution in [0.3, 0.4) is 0 Å². The summed E-state index contributed by atoms with van der Waals surface area (Å²) in [5.74, 6) is 0.940. The van der Waals surface area contributed by atoms with Crippen molar-refractivity contribution >= 4 is 33.0 Å². The molecule has 0 spiro atoms. The predicted octanol–water partition coefficient (Wildman–Crippen LogP) is 23.6. The molecule has 0 radical (unpaired) electrons. The van der Waals surface area contributed by atoms with E-state index >= 15 is 0 Å². The molecule has 456 valence electrons. The molecule has 11 aromatic carbocycles. The molecule has 93 heavy (non-hydrogen) atoms. The first kappa shape index (κ1) is 59.0. The molecule has 0 aliphatic heterocycles. The van der Waals surface area contributed by atoms with E-state index in [0.717, 1.165) is 163 Å². The number of hydrogen-bond donors (Lipinski definition) is 1. The lowest BCUT2D eigenvalue weighted by Crippen LogP contribution is -2.11. The Morgan fingerprint density at radius 3 is 1.51 bits per heavy atom. The summed E-state index contributed by atoms with van der Waals surface area (Å²) in [4.78, 5) is 11.8. The maximum absolute atomic E-state index is 11.7. The summed E-state index contributed by atoms with van der Waals surface area (Å²) < 4.78 is 9.66. The van der Waals surface area contributed by atoms with E-state index in [1.165, 1.54) is 16.7 Å². The van der Waals surface area contributed by atoms with Crippen LogP contribution in [-0.4, -0.2) is 19.6 Å². The maximum Gasteiger partial charge on any atom is 0.164 e. The SMILES string of the molecule is Cc1cccc(C)c1-n1c(-c2ccc3c(n2)-c2c(O)cccc2CC3)nc2c(-c3cc(-c4c(-c5ccccc5)cccc4-c4cccc(C(C)(C)C)c4)c4c(c3)oc3ccccc34)c(-c3c(-c4cccc(C(C)(C)C)c4)cccc3-c3cccc(C(C)(C)C)c3)ccc21. The van der Waals surface area contributed by atoms with Crippen LogP contribution in [0.5, 0.6) is 5.75 Å². The van der Waals surface area contributed by atoms with Crippen molar-refractivity contribution in [1.29, 1.82) is 0 Å². The summed E-state index contributed by atoms with van der Waals surface area (Å²) >= 11 is 0. The summed E-state index contributed by atoms with van der Waals surface area (Å²) in [5.41, 5.74) is 29.8. The largest absolute Gasteiger partial charge is 0.507 e. The molecule has 0 unspecified atom stereocenters. The molecule has 5 heteroatoms. The van der Waals surface area contributed by atoms with Crippen LogP contribution < -0.4 is 0 Å². The summed E-state index contributed by atoms with van der Waals surface area (Å²) in [7, 11) is 0. The fraction of sp³-hybridized carbons (Fsp3) is 0.182. The lowest BCUT2D eigenvalue weighted by molar-refractivity contribution is 0.476. The zero-order valence-electron chi connectivity index (χ0n) is 55.1. The number of phenols is 1. The Labute approximate surface area is 546 Å². The van der Waals surface area contributed by atoms with Crippen molar-refractivity contribution in [3.05, 3.63) is 276 Å². The van der Waals surface area contributed by atoms with Gasteiger partial charge in [-0.3, -0.25) is 4.57 Å². The van der Waals surface area contributed by atoms with E-state index in [-0.39, 0.29) is 22.0 Å². The third-order valence-electron chi connectivity index (χ3n) is 19.4. The number of aryl methyl sites for hydroxylation is 4. The summed E-state index contributed by atoms with van der Waals surface area (Å²) in [6.07, 6.45) is 1.65. The number of imidazole rings is 1. The molecule has 1 aliphatic carbocycles. The molecular weight excluding hydrogens is 1130 g/mol. The molecule has 3 aromatic heterocycles. The Kier molecular flexibility index (Phi) is 14.3. The van der Waals surface area contributed by atoms with Gasteiger partial charge in [0, 0.05) is 21.9 Å². The minimum absolute atomic E-state index is 0.0898. The van der Waals surface area contributed by atoms with Crippen LogP contribution in [0.15, 0.2) is 241 Å². The Balaban J connectivity index is 1.14. The highest BCUT2D eigenvalue weighted by atomic mass is 16.3. The number of benzene rings is 11. The van der Waals surface area contributed by atoms with Gasteiger partial charge in [0.05, 0.1) is 22.4 Å². The summed E-state index contributed by atoms with van der Waals surface area (Å²) in [5, 5.41) is 13.8. The van der Waals surface area contributed by atoms with Crippen LogP contribution in [0.4, 0.5) is 0 Å². The number of hydrogen-bond acceptors (Lipinski definition) is 4. The molecule has 5 nitrogen and oxygen atoms in total. The zero-order chi connectivity index (χ0) is 64.2. The number of rotatable bonds is 9. The number of fused-ring (bicyclic) bond motifs is 7. The average molecular weight is 1210 g/mol. The van der Waals surface area contributed by atoms with Crippen LogP contribution in [0.2, 0.25) is 0 Å². The van der Waals surface area contributed by atoms with Gasteiger partial charge in [-0.15, -0.1) is 0 Å². The third kappa shape index (κ3) is 10.4. The van der Waals surface area contributed by atoms with E-state index in [9.17, 15) is 5.11 Å². The molecule has 3 heterocycles. The molecule has 0 saturated heterocycles. The van der Waals surface area contributed by atoms with E-state index < -0.39 is 0 Å². The Morgan fingerprint density at radius 2 is 0.903 bits per heavy atom. The van der Waals surface area contributed by atoms with Gasteiger partial charge in [0.1, 0.15) is 22.6 Å². The van der Waals surface area contributed by atoms with Crippen LogP contribution in [0.25, 0.3) is 139 Å². The minimum atomic E-state index is -0.108. The van der Waals surface area contributed by atoms with Crippen molar-refractivity contribution < 1.29 is 9.52 Å². The van der Waals surface area contributed by atoms with E-state index in [0.29, 0.717) is 11.5 Å². The lowest BCUT2D eigenvalue weighted by Gasteiger charge is -2.24. The molecule has 0 fully saturated rings. The number of para-hydroxylation sites is 2. The smallest absolute Gasteiger partial charge is 0.164 e. The lowest BCUT2D eigenvalue weighted by atomic mass is 9.80. The van der Waals surface area contributed by atoms with E-state index in [4.69, 9.17) is 14.4 Å². The zero-order valence-corrected chi connectivity index (χ0v) is 55.1. The van der Waals surface area contributed by atoms with Gasteiger partial charge in [0.2, 0.25) is 0 Å².